The Kier molecular flexibility index (Phi) is 10.6. The Morgan fingerprint density at radius 3 is 1.77 bits per heavy atom. The third-order valence-electron chi connectivity index (χ3n) is 13.0. The first kappa shape index (κ1) is 42.4. The summed E-state index contributed by atoms with van der Waals surface area (Å²) < 4.78 is 6.44. The second-order valence-corrected chi connectivity index (χ2v) is 17.3. The van der Waals surface area contributed by atoms with Crippen LogP contribution in [0.3, 0.4) is 0 Å². The normalized spacial score (nSPS) is 18.9. The molecule has 2 aliphatic rings. The molecule has 0 saturated carbocycles. The van der Waals surface area contributed by atoms with Crippen molar-refractivity contribution in [2.75, 3.05) is 10.6 Å². The van der Waals surface area contributed by atoms with Crippen LogP contribution < -0.4 is 21.8 Å². The summed E-state index contributed by atoms with van der Waals surface area (Å²) in [4.78, 5) is 56.8. The molecule has 3 atom stereocenters. The molecule has 334 valence electrons. The van der Waals surface area contributed by atoms with Gasteiger partial charge in [-0.3, -0.25) is 9.59 Å². The van der Waals surface area contributed by atoms with Crippen LogP contribution >= 0.6 is 0 Å². The SMILES string of the molecule is C=CCn1c(=O)c2cnc(Nc3ccc(C)cc3)nc2n1-c1ccc2c(n1)C(O)(CC)CC2/C=C/Cn1c(=O)c2cnc(Nc3ccc(C)cc3)nc2n1-c1ccc2c(n1)[C@@](O)(CC)CC2. The first-order valence-corrected chi connectivity index (χ1v) is 22.3. The molecule has 0 saturated heterocycles. The van der Waals surface area contributed by atoms with Gasteiger partial charge in [-0.2, -0.15) is 9.97 Å². The van der Waals surface area contributed by atoms with Crippen LogP contribution in [0.25, 0.3) is 33.7 Å². The monoisotopic (exact) mass is 882 g/mol. The van der Waals surface area contributed by atoms with E-state index in [0.29, 0.717) is 89.1 Å². The average Bonchev–Trinajstić information content (AvgIpc) is 4.00. The fourth-order valence-corrected chi connectivity index (χ4v) is 9.26. The summed E-state index contributed by atoms with van der Waals surface area (Å²) in [6, 6.07) is 23.3. The Balaban J connectivity index is 1.02. The lowest BCUT2D eigenvalue weighted by Gasteiger charge is -2.22. The van der Waals surface area contributed by atoms with Gasteiger partial charge in [0.15, 0.2) is 22.9 Å². The van der Waals surface area contributed by atoms with E-state index >= 15 is 0 Å². The van der Waals surface area contributed by atoms with Crippen molar-refractivity contribution >= 4 is 45.3 Å². The number of nitrogens with one attached hydrogen (secondary N) is 2. The molecule has 0 radical (unpaired) electrons. The summed E-state index contributed by atoms with van der Waals surface area (Å²) >= 11 is 0. The van der Waals surface area contributed by atoms with Gasteiger partial charge in [-0.25, -0.2) is 38.7 Å². The van der Waals surface area contributed by atoms with Gasteiger partial charge in [-0.1, -0.05) is 79.6 Å². The number of pyridine rings is 2. The Labute approximate surface area is 379 Å². The topological polar surface area (TPSA) is 196 Å². The Hall–Kier alpha value is -7.56. The minimum Gasteiger partial charge on any atom is -0.384 e. The summed E-state index contributed by atoms with van der Waals surface area (Å²) in [5.74, 6) is 1.22. The predicted molar refractivity (Wildman–Crippen MR) is 254 cm³/mol. The highest BCUT2D eigenvalue weighted by atomic mass is 16.3. The zero-order valence-corrected chi connectivity index (χ0v) is 37.2. The number of aliphatic hydroxyl groups is 2. The van der Waals surface area contributed by atoms with Crippen LogP contribution in [0, 0.1) is 13.8 Å². The van der Waals surface area contributed by atoms with E-state index in [1.807, 2.05) is 113 Å². The average molecular weight is 883 g/mol. The standard InChI is InChI=1S/C50H50N12O4/c1-6-25-59-45(63)37-28-51-47(53-34-16-11-30(4)12-17-34)57-43(37)61(59)40-22-20-36-33(27-50(66,8-3)42(36)56-40)10-9-26-60-46(64)38-29-52-48(54-35-18-13-31(5)14-19-35)58-44(38)62(60)39-21-15-32-23-24-49(65,7-2)41(32)55-39/h6,9-22,28-29,33,65-66H,1,7-8,23-27H2,2-5H3,(H,51,53,57)(H,52,54,58)/b10-9+/t33?,49-,50?/m1/s1. The van der Waals surface area contributed by atoms with Crippen molar-refractivity contribution in [2.24, 2.45) is 0 Å². The first-order valence-electron chi connectivity index (χ1n) is 22.3. The highest BCUT2D eigenvalue weighted by Gasteiger charge is 2.42. The number of allylic oxidation sites excluding steroid dienone is 3. The Morgan fingerprint density at radius 1 is 0.697 bits per heavy atom. The maximum atomic E-state index is 14.3. The number of rotatable bonds is 13. The lowest BCUT2D eigenvalue weighted by atomic mass is 9.95. The largest absolute Gasteiger partial charge is 0.384 e. The van der Waals surface area contributed by atoms with E-state index in [1.165, 1.54) is 17.1 Å². The molecule has 6 heterocycles. The van der Waals surface area contributed by atoms with Crippen LogP contribution in [-0.4, -0.2) is 58.8 Å². The second kappa shape index (κ2) is 16.5. The van der Waals surface area contributed by atoms with Crippen molar-refractivity contribution in [1.29, 1.82) is 0 Å². The molecule has 0 aliphatic heterocycles. The van der Waals surface area contributed by atoms with E-state index in [4.69, 9.17) is 19.9 Å². The van der Waals surface area contributed by atoms with Gasteiger partial charge in [0.2, 0.25) is 11.9 Å². The first-order chi connectivity index (χ1) is 31.9. The minimum absolute atomic E-state index is 0.135. The number of hydrogen-bond acceptors (Lipinski definition) is 12. The highest BCUT2D eigenvalue weighted by Crippen LogP contribution is 2.46. The predicted octanol–water partition coefficient (Wildman–Crippen LogP) is 7.44. The minimum atomic E-state index is -1.29. The summed E-state index contributed by atoms with van der Waals surface area (Å²) in [6.07, 6.45) is 11.1. The van der Waals surface area contributed by atoms with E-state index in [-0.39, 0.29) is 30.1 Å². The molecule has 0 fully saturated rings. The number of anilines is 4. The highest BCUT2D eigenvalue weighted by molar-refractivity contribution is 5.78. The van der Waals surface area contributed by atoms with Crippen molar-refractivity contribution < 1.29 is 10.2 Å². The molecule has 8 aromatic rings. The molecular formula is C50H50N12O4. The zero-order valence-electron chi connectivity index (χ0n) is 37.2. The van der Waals surface area contributed by atoms with Gasteiger partial charge >= 0.3 is 0 Å². The number of aryl methyl sites for hydroxylation is 3. The fourth-order valence-electron chi connectivity index (χ4n) is 9.26. The molecule has 10 rings (SSSR count). The van der Waals surface area contributed by atoms with Crippen LogP contribution in [0.5, 0.6) is 0 Å². The summed E-state index contributed by atoms with van der Waals surface area (Å²) in [6.45, 7) is 12.1. The van der Waals surface area contributed by atoms with Gasteiger partial charge in [0, 0.05) is 29.7 Å². The van der Waals surface area contributed by atoms with Crippen molar-refractivity contribution in [2.45, 2.75) is 90.0 Å². The van der Waals surface area contributed by atoms with Gasteiger partial charge in [-0.15, -0.1) is 6.58 Å². The summed E-state index contributed by atoms with van der Waals surface area (Å²) in [5, 5.41) is 30.9. The Morgan fingerprint density at radius 2 is 1.23 bits per heavy atom. The molecule has 0 amide bonds. The molecule has 6 aromatic heterocycles. The number of hydrogen-bond donors (Lipinski definition) is 4. The third-order valence-corrected chi connectivity index (χ3v) is 13.0. The molecule has 4 N–H and O–H groups in total. The van der Waals surface area contributed by atoms with Crippen LogP contribution in [0.4, 0.5) is 23.3 Å². The van der Waals surface area contributed by atoms with Gasteiger partial charge in [0.25, 0.3) is 11.1 Å². The molecule has 2 aromatic carbocycles. The van der Waals surface area contributed by atoms with Gasteiger partial charge in [0.1, 0.15) is 22.0 Å². The van der Waals surface area contributed by atoms with E-state index in [9.17, 15) is 19.8 Å². The van der Waals surface area contributed by atoms with Crippen molar-refractivity contribution in [3.05, 3.63) is 164 Å². The van der Waals surface area contributed by atoms with Crippen LogP contribution in [-0.2, 0) is 30.7 Å². The van der Waals surface area contributed by atoms with E-state index < -0.39 is 11.2 Å². The zero-order chi connectivity index (χ0) is 45.9. The number of nitrogens with zero attached hydrogens (tertiary/aromatic N) is 10. The molecule has 0 spiro atoms. The van der Waals surface area contributed by atoms with E-state index in [1.54, 1.807) is 20.1 Å². The molecule has 66 heavy (non-hydrogen) atoms. The Bertz CT molecular complexity index is 3350. The van der Waals surface area contributed by atoms with Crippen LogP contribution in [0.2, 0.25) is 0 Å². The molecule has 2 unspecified atom stereocenters. The smallest absolute Gasteiger partial charge is 0.278 e. The van der Waals surface area contributed by atoms with Gasteiger partial charge in [0.05, 0.1) is 24.5 Å². The summed E-state index contributed by atoms with van der Waals surface area (Å²) in [7, 11) is 0. The number of benzene rings is 2. The van der Waals surface area contributed by atoms with E-state index in [0.717, 1.165) is 33.6 Å². The number of aromatic nitrogens is 10. The third kappa shape index (κ3) is 7.27. The lowest BCUT2D eigenvalue weighted by Crippen LogP contribution is -2.25. The molecule has 16 heteroatoms. The molecule has 2 aliphatic carbocycles. The molecule has 0 bridgehead atoms. The fraction of sp³-hybridized carbons (Fsp3) is 0.280. The van der Waals surface area contributed by atoms with Crippen molar-refractivity contribution in [1.82, 2.24) is 48.6 Å². The van der Waals surface area contributed by atoms with Crippen molar-refractivity contribution in [3.8, 4) is 11.6 Å². The molecule has 16 nitrogen and oxygen atoms in total. The maximum absolute atomic E-state index is 14.3. The van der Waals surface area contributed by atoms with Crippen LogP contribution in [0.15, 0.2) is 120 Å². The number of fused-ring (bicyclic) bond motifs is 4. The van der Waals surface area contributed by atoms with Crippen LogP contribution in [0.1, 0.15) is 79.1 Å². The van der Waals surface area contributed by atoms with Gasteiger partial charge < -0.3 is 20.8 Å². The molecular weight excluding hydrogens is 833 g/mol. The van der Waals surface area contributed by atoms with Gasteiger partial charge in [-0.05, 0) is 93.5 Å². The second-order valence-electron chi connectivity index (χ2n) is 17.3. The summed E-state index contributed by atoms with van der Waals surface area (Å²) in [5.41, 5.74) is 4.51. The van der Waals surface area contributed by atoms with E-state index in [2.05, 4.69) is 27.2 Å². The quantitative estimate of drug-likeness (QED) is 0.0837. The lowest BCUT2D eigenvalue weighted by molar-refractivity contribution is 0.0281. The maximum Gasteiger partial charge on any atom is 0.278 e. The van der Waals surface area contributed by atoms with Crippen molar-refractivity contribution in [3.63, 3.8) is 0 Å².